The number of hydrogen-bond donors (Lipinski definition) is 2. The number of nitrogens with zero attached hydrogens (tertiary/aromatic N) is 3. The monoisotopic (exact) mass is 443 g/mol. The summed E-state index contributed by atoms with van der Waals surface area (Å²) in [7, 11) is 0. The van der Waals surface area contributed by atoms with E-state index in [-0.39, 0.29) is 0 Å². The number of hydrogen-bond acceptors (Lipinski definition) is 6. The molecule has 0 fully saturated rings. The van der Waals surface area contributed by atoms with Crippen LogP contribution in [0.2, 0.25) is 10.0 Å². The van der Waals surface area contributed by atoms with Gasteiger partial charge >= 0.3 is 0 Å². The zero-order valence-electron chi connectivity index (χ0n) is 16.0. The van der Waals surface area contributed by atoms with E-state index in [9.17, 15) is 0 Å². The van der Waals surface area contributed by atoms with E-state index >= 15 is 0 Å². The Balaban J connectivity index is 1.41. The van der Waals surface area contributed by atoms with Gasteiger partial charge in [0.25, 0.3) is 0 Å². The molecule has 148 valence electrons. The maximum absolute atomic E-state index is 6.34. The summed E-state index contributed by atoms with van der Waals surface area (Å²) < 4.78 is 1.19. The third-order valence-corrected chi connectivity index (χ3v) is 6.07. The summed E-state index contributed by atoms with van der Waals surface area (Å²) in [6.07, 6.45) is 0. The minimum atomic E-state index is 0.494. The van der Waals surface area contributed by atoms with Gasteiger partial charge in [-0.1, -0.05) is 35.3 Å². The Kier molecular flexibility index (Phi) is 5.85. The van der Waals surface area contributed by atoms with E-state index in [4.69, 9.17) is 23.2 Å². The fourth-order valence-corrected chi connectivity index (χ4v) is 4.31. The van der Waals surface area contributed by atoms with Gasteiger partial charge in [0.15, 0.2) is 0 Å². The van der Waals surface area contributed by atoms with Gasteiger partial charge in [-0.25, -0.2) is 15.0 Å². The Morgan fingerprint density at radius 1 is 0.931 bits per heavy atom. The summed E-state index contributed by atoms with van der Waals surface area (Å²) in [5.41, 5.74) is 3.65. The molecule has 4 rings (SSSR count). The highest BCUT2D eigenvalue weighted by Gasteiger charge is 2.10. The van der Waals surface area contributed by atoms with E-state index in [1.165, 1.54) is 4.70 Å². The summed E-state index contributed by atoms with van der Waals surface area (Å²) in [5.74, 6) is 1.42. The van der Waals surface area contributed by atoms with Crippen molar-refractivity contribution in [2.24, 2.45) is 0 Å². The summed E-state index contributed by atoms with van der Waals surface area (Å²) in [6.45, 7) is 5.34. The van der Waals surface area contributed by atoms with Crippen LogP contribution in [0.1, 0.15) is 10.8 Å². The molecule has 5 nitrogen and oxygen atoms in total. The maximum atomic E-state index is 6.34. The molecule has 2 N–H and O–H groups in total. The van der Waals surface area contributed by atoms with Crippen LogP contribution in [0.3, 0.4) is 0 Å². The highest BCUT2D eigenvalue weighted by molar-refractivity contribution is 7.18. The Labute approximate surface area is 183 Å². The summed E-state index contributed by atoms with van der Waals surface area (Å²) in [4.78, 5) is 13.5. The zero-order chi connectivity index (χ0) is 20.4. The molecule has 0 amide bonds. The number of benzene rings is 2. The molecule has 0 aliphatic heterocycles. The molecule has 0 atom stereocenters. The van der Waals surface area contributed by atoms with Crippen molar-refractivity contribution < 1.29 is 0 Å². The lowest BCUT2D eigenvalue weighted by Gasteiger charge is -2.11. The molecule has 0 aliphatic carbocycles. The molecule has 0 unspecified atom stereocenters. The van der Waals surface area contributed by atoms with Crippen molar-refractivity contribution in [3.05, 3.63) is 63.3 Å². The van der Waals surface area contributed by atoms with E-state index in [1.807, 2.05) is 38.1 Å². The lowest BCUT2D eigenvalue weighted by Crippen LogP contribution is -2.14. The van der Waals surface area contributed by atoms with Gasteiger partial charge in [-0.3, -0.25) is 0 Å². The van der Waals surface area contributed by atoms with E-state index in [1.54, 1.807) is 17.4 Å². The van der Waals surface area contributed by atoms with Gasteiger partial charge in [0.1, 0.15) is 11.6 Å². The highest BCUT2D eigenvalue weighted by Crippen LogP contribution is 2.33. The van der Waals surface area contributed by atoms with Gasteiger partial charge in [0.05, 0.1) is 31.0 Å². The van der Waals surface area contributed by atoms with E-state index in [0.717, 1.165) is 39.8 Å². The number of aromatic nitrogens is 3. The first-order valence-corrected chi connectivity index (χ1v) is 10.7. The van der Waals surface area contributed by atoms with Crippen LogP contribution in [-0.2, 0) is 0 Å². The largest absolute Gasteiger partial charge is 0.383 e. The molecule has 29 heavy (non-hydrogen) atoms. The van der Waals surface area contributed by atoms with Crippen LogP contribution in [0.5, 0.6) is 0 Å². The van der Waals surface area contributed by atoms with Gasteiger partial charge in [-0.15, -0.1) is 11.3 Å². The number of aryl methyl sites for hydroxylation is 2. The smallest absolute Gasteiger partial charge is 0.130 e. The molecule has 0 spiro atoms. The van der Waals surface area contributed by atoms with Gasteiger partial charge in [0, 0.05) is 30.4 Å². The molecule has 2 aromatic heterocycles. The first kappa shape index (κ1) is 19.9. The molecule has 8 heteroatoms. The van der Waals surface area contributed by atoms with Crippen molar-refractivity contribution in [2.75, 3.05) is 23.7 Å². The third-order valence-electron chi connectivity index (χ3n) is 4.32. The second-order valence-electron chi connectivity index (χ2n) is 6.56. The van der Waals surface area contributed by atoms with Gasteiger partial charge < -0.3 is 10.6 Å². The second kappa shape index (κ2) is 8.53. The topological polar surface area (TPSA) is 62.7 Å². The standard InChI is InChI=1S/C21H19Cl2N5S/c1-12-26-18(15-4-3-5-16(22)21(15)23)11-20(27-12)25-9-8-24-14-6-7-17-19(10-14)29-13(2)28-17/h3-7,10-11,24H,8-9H2,1-2H3,(H,25,26,27). The predicted molar refractivity (Wildman–Crippen MR) is 124 cm³/mol. The van der Waals surface area contributed by atoms with Crippen molar-refractivity contribution in [3.63, 3.8) is 0 Å². The average Bonchev–Trinajstić information content (AvgIpc) is 3.06. The molecule has 0 saturated carbocycles. The number of fused-ring (bicyclic) bond motifs is 1. The Hall–Kier alpha value is -2.41. The Morgan fingerprint density at radius 3 is 2.62 bits per heavy atom. The maximum Gasteiger partial charge on any atom is 0.130 e. The van der Waals surface area contributed by atoms with Crippen molar-refractivity contribution in [2.45, 2.75) is 13.8 Å². The molecule has 0 saturated heterocycles. The van der Waals surface area contributed by atoms with Crippen LogP contribution in [0, 0.1) is 13.8 Å². The fourth-order valence-electron chi connectivity index (χ4n) is 3.05. The lowest BCUT2D eigenvalue weighted by molar-refractivity contribution is 1.01. The number of rotatable bonds is 6. The first-order chi connectivity index (χ1) is 14.0. The molecule has 0 radical (unpaired) electrons. The average molecular weight is 444 g/mol. The zero-order valence-corrected chi connectivity index (χ0v) is 18.3. The highest BCUT2D eigenvalue weighted by atomic mass is 35.5. The molecule has 0 aliphatic rings. The van der Waals surface area contributed by atoms with Gasteiger partial charge in [-0.2, -0.15) is 0 Å². The first-order valence-electron chi connectivity index (χ1n) is 9.14. The minimum Gasteiger partial charge on any atom is -0.383 e. The van der Waals surface area contributed by atoms with Crippen molar-refractivity contribution in [1.29, 1.82) is 0 Å². The van der Waals surface area contributed by atoms with Crippen LogP contribution in [0.25, 0.3) is 21.5 Å². The van der Waals surface area contributed by atoms with Gasteiger partial charge in [0.2, 0.25) is 0 Å². The minimum absolute atomic E-state index is 0.494. The number of thiazole rings is 1. The Morgan fingerprint density at radius 2 is 1.76 bits per heavy atom. The van der Waals surface area contributed by atoms with Crippen molar-refractivity contribution in [1.82, 2.24) is 15.0 Å². The SMILES string of the molecule is Cc1nc(NCCNc2ccc3nc(C)sc3c2)cc(-c2cccc(Cl)c2Cl)n1. The van der Waals surface area contributed by atoms with Crippen LogP contribution >= 0.6 is 34.5 Å². The quantitative estimate of drug-likeness (QED) is 0.347. The fraction of sp³-hybridized carbons (Fsp3) is 0.190. The molecule has 4 aromatic rings. The van der Waals surface area contributed by atoms with Gasteiger partial charge in [-0.05, 0) is 38.1 Å². The van der Waals surface area contributed by atoms with E-state index in [0.29, 0.717) is 22.4 Å². The van der Waals surface area contributed by atoms with Crippen LogP contribution in [0.15, 0.2) is 42.5 Å². The van der Waals surface area contributed by atoms with Crippen molar-refractivity contribution in [3.8, 4) is 11.3 Å². The number of anilines is 2. The number of nitrogens with one attached hydrogen (secondary N) is 2. The second-order valence-corrected chi connectivity index (χ2v) is 8.58. The van der Waals surface area contributed by atoms with E-state index < -0.39 is 0 Å². The summed E-state index contributed by atoms with van der Waals surface area (Å²) in [5, 5.41) is 8.85. The number of halogens is 2. The summed E-state index contributed by atoms with van der Waals surface area (Å²) >= 11 is 14.2. The predicted octanol–water partition coefficient (Wildman–Crippen LogP) is 6.20. The van der Waals surface area contributed by atoms with Crippen molar-refractivity contribution >= 4 is 56.3 Å². The van der Waals surface area contributed by atoms with Crippen LogP contribution < -0.4 is 10.6 Å². The summed E-state index contributed by atoms with van der Waals surface area (Å²) in [6, 6.07) is 13.6. The van der Waals surface area contributed by atoms with E-state index in [2.05, 4.69) is 37.7 Å². The molecular formula is C21H19Cl2N5S. The molecular weight excluding hydrogens is 425 g/mol. The lowest BCUT2D eigenvalue weighted by atomic mass is 10.1. The van der Waals surface area contributed by atoms with Crippen LogP contribution in [0.4, 0.5) is 11.5 Å². The third kappa shape index (κ3) is 4.61. The molecule has 2 aromatic carbocycles. The normalized spacial score (nSPS) is 11.0. The molecule has 0 bridgehead atoms. The Bertz CT molecular complexity index is 1180. The van der Waals surface area contributed by atoms with Crippen LogP contribution in [-0.4, -0.2) is 28.0 Å². The molecule has 2 heterocycles.